The average Bonchev–Trinajstić information content (AvgIpc) is 2.38. The molecule has 1 heterocycles. The Morgan fingerprint density at radius 1 is 1.41 bits per heavy atom. The minimum Gasteiger partial charge on any atom is -0.507 e. The smallest absolute Gasteiger partial charge is 0.258 e. The van der Waals surface area contributed by atoms with Crippen LogP contribution in [0.3, 0.4) is 0 Å². The van der Waals surface area contributed by atoms with Crippen molar-refractivity contribution in [1.82, 2.24) is 4.90 Å². The number of nitrogens with zero attached hydrogens (tertiary/aromatic N) is 2. The summed E-state index contributed by atoms with van der Waals surface area (Å²) in [6.45, 7) is 0.589. The third-order valence-electron chi connectivity index (χ3n) is 3.05. The van der Waals surface area contributed by atoms with Crippen LogP contribution in [0.25, 0.3) is 0 Å². The SMILES string of the molecule is N#CC1CCCCN1C(=O)c1ccccc1O. The minimum atomic E-state index is -0.365. The summed E-state index contributed by atoms with van der Waals surface area (Å²) in [5.41, 5.74) is 0.273. The van der Waals surface area contributed by atoms with Crippen molar-refractivity contribution < 1.29 is 9.90 Å². The number of rotatable bonds is 1. The van der Waals surface area contributed by atoms with E-state index in [0.29, 0.717) is 6.54 Å². The molecule has 88 valence electrons. The Kier molecular flexibility index (Phi) is 3.29. The topological polar surface area (TPSA) is 64.3 Å². The van der Waals surface area contributed by atoms with Gasteiger partial charge < -0.3 is 10.0 Å². The van der Waals surface area contributed by atoms with Crippen LogP contribution >= 0.6 is 0 Å². The van der Waals surface area contributed by atoms with Crippen molar-refractivity contribution in [1.29, 1.82) is 5.26 Å². The number of hydrogen-bond acceptors (Lipinski definition) is 3. The molecule has 1 fully saturated rings. The standard InChI is InChI=1S/C13H14N2O2/c14-9-10-5-3-4-8-15(10)13(17)11-6-1-2-7-12(11)16/h1-2,6-7,10,16H,3-5,8H2. The molecule has 0 aliphatic carbocycles. The Morgan fingerprint density at radius 2 is 2.18 bits per heavy atom. The highest BCUT2D eigenvalue weighted by Gasteiger charge is 2.28. The van der Waals surface area contributed by atoms with E-state index in [0.717, 1.165) is 19.3 Å². The number of benzene rings is 1. The second kappa shape index (κ2) is 4.88. The lowest BCUT2D eigenvalue weighted by molar-refractivity contribution is 0.0667. The summed E-state index contributed by atoms with van der Waals surface area (Å²) in [6, 6.07) is 8.23. The lowest BCUT2D eigenvalue weighted by Crippen LogP contribution is -2.42. The van der Waals surface area contributed by atoms with E-state index in [9.17, 15) is 9.90 Å². The largest absolute Gasteiger partial charge is 0.507 e. The van der Waals surface area contributed by atoms with E-state index < -0.39 is 0 Å². The van der Waals surface area contributed by atoms with Crippen LogP contribution in [-0.2, 0) is 0 Å². The molecule has 0 saturated carbocycles. The molecule has 1 aromatic carbocycles. The fourth-order valence-corrected chi connectivity index (χ4v) is 2.12. The van der Waals surface area contributed by atoms with Gasteiger partial charge in [-0.15, -0.1) is 0 Å². The van der Waals surface area contributed by atoms with Gasteiger partial charge in [-0.25, -0.2) is 0 Å². The van der Waals surface area contributed by atoms with Crippen LogP contribution < -0.4 is 0 Å². The van der Waals surface area contributed by atoms with Gasteiger partial charge in [-0.2, -0.15) is 5.26 Å². The van der Waals surface area contributed by atoms with Crippen molar-refractivity contribution in [3.63, 3.8) is 0 Å². The molecule has 1 saturated heterocycles. The predicted octanol–water partition coefficient (Wildman–Crippen LogP) is 1.91. The number of nitriles is 1. The van der Waals surface area contributed by atoms with Gasteiger partial charge in [0.1, 0.15) is 11.8 Å². The molecule has 1 aliphatic rings. The number of likely N-dealkylation sites (tertiary alicyclic amines) is 1. The van der Waals surface area contributed by atoms with E-state index in [1.54, 1.807) is 23.1 Å². The maximum atomic E-state index is 12.2. The van der Waals surface area contributed by atoms with Crippen molar-refractivity contribution in [2.24, 2.45) is 0 Å². The minimum absolute atomic E-state index is 0.0280. The fraction of sp³-hybridized carbons (Fsp3) is 0.385. The van der Waals surface area contributed by atoms with Gasteiger partial charge in [-0.1, -0.05) is 12.1 Å². The van der Waals surface area contributed by atoms with Crippen LogP contribution in [-0.4, -0.2) is 28.5 Å². The van der Waals surface area contributed by atoms with Crippen LogP contribution in [0, 0.1) is 11.3 Å². The van der Waals surface area contributed by atoms with Gasteiger partial charge in [-0.05, 0) is 31.4 Å². The van der Waals surface area contributed by atoms with Gasteiger partial charge in [0.15, 0.2) is 0 Å². The van der Waals surface area contributed by atoms with Gasteiger partial charge in [0.2, 0.25) is 0 Å². The summed E-state index contributed by atoms with van der Waals surface area (Å²) >= 11 is 0. The van der Waals surface area contributed by atoms with Crippen LogP contribution in [0.1, 0.15) is 29.6 Å². The van der Waals surface area contributed by atoms with Gasteiger partial charge in [-0.3, -0.25) is 4.79 Å². The molecule has 0 aromatic heterocycles. The summed E-state index contributed by atoms with van der Waals surface area (Å²) in [5.74, 6) is -0.283. The Morgan fingerprint density at radius 3 is 2.88 bits per heavy atom. The zero-order valence-electron chi connectivity index (χ0n) is 9.47. The molecule has 1 unspecified atom stereocenters. The first kappa shape index (κ1) is 11.5. The highest BCUT2D eigenvalue weighted by molar-refractivity contribution is 5.97. The summed E-state index contributed by atoms with van der Waals surface area (Å²) < 4.78 is 0. The van der Waals surface area contributed by atoms with Gasteiger partial charge in [0.25, 0.3) is 5.91 Å². The molecule has 1 aliphatic heterocycles. The van der Waals surface area contributed by atoms with Gasteiger partial charge in [0.05, 0.1) is 11.6 Å². The van der Waals surface area contributed by atoms with Crippen LogP contribution in [0.2, 0.25) is 0 Å². The second-order valence-electron chi connectivity index (χ2n) is 4.16. The molecule has 0 spiro atoms. The summed E-state index contributed by atoms with van der Waals surface area (Å²) in [7, 11) is 0. The van der Waals surface area contributed by atoms with E-state index in [2.05, 4.69) is 6.07 Å². The fourth-order valence-electron chi connectivity index (χ4n) is 2.12. The maximum absolute atomic E-state index is 12.2. The molecular formula is C13H14N2O2. The Bertz CT molecular complexity index is 465. The van der Waals surface area contributed by atoms with Crippen LogP contribution in [0.15, 0.2) is 24.3 Å². The van der Waals surface area contributed by atoms with Crippen molar-refractivity contribution in [3.8, 4) is 11.8 Å². The number of hydrogen-bond donors (Lipinski definition) is 1. The quantitative estimate of drug-likeness (QED) is 0.801. The van der Waals surface area contributed by atoms with E-state index in [1.807, 2.05) is 0 Å². The van der Waals surface area contributed by atoms with E-state index in [-0.39, 0.29) is 23.3 Å². The van der Waals surface area contributed by atoms with Crippen molar-refractivity contribution in [3.05, 3.63) is 29.8 Å². The van der Waals surface area contributed by atoms with Crippen molar-refractivity contribution in [2.45, 2.75) is 25.3 Å². The molecule has 1 amide bonds. The number of amides is 1. The Balaban J connectivity index is 2.25. The Labute approximate surface area is 100 Å². The second-order valence-corrected chi connectivity index (χ2v) is 4.16. The molecular weight excluding hydrogens is 216 g/mol. The van der Waals surface area contributed by atoms with E-state index in [4.69, 9.17) is 5.26 Å². The summed E-state index contributed by atoms with van der Waals surface area (Å²) in [4.78, 5) is 13.8. The predicted molar refractivity (Wildman–Crippen MR) is 62.4 cm³/mol. The summed E-state index contributed by atoms with van der Waals surface area (Å²) in [6.07, 6.45) is 2.61. The molecule has 1 atom stereocenters. The monoisotopic (exact) mass is 230 g/mol. The van der Waals surface area contributed by atoms with Gasteiger partial charge >= 0.3 is 0 Å². The normalized spacial score (nSPS) is 19.7. The van der Waals surface area contributed by atoms with Crippen LogP contribution in [0.4, 0.5) is 0 Å². The number of aromatic hydroxyl groups is 1. The molecule has 1 N–H and O–H groups in total. The van der Waals surface area contributed by atoms with Crippen molar-refractivity contribution >= 4 is 5.91 Å². The number of phenols is 1. The third-order valence-corrected chi connectivity index (χ3v) is 3.05. The maximum Gasteiger partial charge on any atom is 0.258 e. The number of carbonyl (C=O) groups is 1. The molecule has 0 radical (unpaired) electrons. The van der Waals surface area contributed by atoms with Crippen molar-refractivity contribution in [2.75, 3.05) is 6.54 Å². The van der Waals surface area contributed by atoms with E-state index >= 15 is 0 Å². The number of phenolic OH excluding ortho intramolecular Hbond substituents is 1. The lowest BCUT2D eigenvalue weighted by atomic mass is 10.0. The number of para-hydroxylation sites is 1. The molecule has 4 nitrogen and oxygen atoms in total. The first-order valence-electron chi connectivity index (χ1n) is 5.72. The van der Waals surface area contributed by atoms with E-state index in [1.165, 1.54) is 6.07 Å². The zero-order valence-corrected chi connectivity index (χ0v) is 9.47. The highest BCUT2D eigenvalue weighted by Crippen LogP contribution is 2.23. The third kappa shape index (κ3) is 2.23. The zero-order chi connectivity index (χ0) is 12.3. The molecule has 1 aromatic rings. The molecule has 2 rings (SSSR count). The summed E-state index contributed by atoms with van der Waals surface area (Å²) in [5, 5.41) is 18.7. The average molecular weight is 230 g/mol. The van der Waals surface area contributed by atoms with Crippen LogP contribution in [0.5, 0.6) is 5.75 Å². The molecule has 17 heavy (non-hydrogen) atoms. The first-order valence-corrected chi connectivity index (χ1v) is 5.72. The Hall–Kier alpha value is -2.02. The lowest BCUT2D eigenvalue weighted by Gasteiger charge is -2.31. The number of piperidine rings is 1. The first-order chi connectivity index (χ1) is 8.24. The number of carbonyl (C=O) groups excluding carboxylic acids is 1. The molecule has 0 bridgehead atoms. The highest BCUT2D eigenvalue weighted by atomic mass is 16.3. The molecule has 4 heteroatoms. The van der Waals surface area contributed by atoms with Gasteiger partial charge in [0, 0.05) is 6.54 Å².